The summed E-state index contributed by atoms with van der Waals surface area (Å²) >= 11 is 0. The van der Waals surface area contributed by atoms with Gasteiger partial charge in [0, 0.05) is 5.69 Å². The molecule has 0 aromatic heterocycles. The molecular weight excluding hydrogens is 367 g/mol. The largest absolute Gasteiger partial charge is 0.326 e. The third-order valence-electron chi connectivity index (χ3n) is 4.01. The molecule has 146 valence electrons. The number of carbonyl (C=O) groups is 1. The number of hydrogen-bond acceptors (Lipinski definition) is 3. The third kappa shape index (κ3) is 6.06. The van der Waals surface area contributed by atoms with Crippen molar-refractivity contribution in [2.24, 2.45) is 5.92 Å². The van der Waals surface area contributed by atoms with Gasteiger partial charge in [0.15, 0.2) is 0 Å². The second-order valence-electron chi connectivity index (χ2n) is 7.58. The number of sulfonamides is 1. The van der Waals surface area contributed by atoms with E-state index in [1.807, 2.05) is 39.0 Å². The van der Waals surface area contributed by atoms with Crippen LogP contribution in [-0.2, 0) is 20.2 Å². The van der Waals surface area contributed by atoms with E-state index in [-0.39, 0.29) is 11.1 Å². The Balaban J connectivity index is 2.08. The smallest absolute Gasteiger partial charge is 0.233 e. The van der Waals surface area contributed by atoms with Crippen LogP contribution in [0.5, 0.6) is 0 Å². The predicted octanol–water partition coefficient (Wildman–Crippen LogP) is 4.14. The minimum Gasteiger partial charge on any atom is -0.326 e. The number of nitrogens with one attached hydrogen (secondary N) is 2. The van der Waals surface area contributed by atoms with Gasteiger partial charge in [-0.2, -0.15) is 0 Å². The van der Waals surface area contributed by atoms with Crippen molar-refractivity contribution in [2.75, 3.05) is 15.8 Å². The molecule has 5 nitrogen and oxygen atoms in total. The molecule has 0 aliphatic carbocycles. The minimum absolute atomic E-state index is 0.126. The number of para-hydroxylation sites is 1. The summed E-state index contributed by atoms with van der Waals surface area (Å²) in [6, 6.07) is 12.6. The first-order valence-corrected chi connectivity index (χ1v) is 10.3. The summed E-state index contributed by atoms with van der Waals surface area (Å²) in [5.74, 6) is -2.13. The average Bonchev–Trinajstić information content (AvgIpc) is 2.53. The zero-order chi connectivity index (χ0) is 20.2. The number of hydrogen-bond donors (Lipinski definition) is 2. The van der Waals surface area contributed by atoms with Crippen molar-refractivity contribution in [3.8, 4) is 0 Å². The molecule has 2 rings (SSSR count). The zero-order valence-electron chi connectivity index (χ0n) is 15.9. The van der Waals surface area contributed by atoms with Gasteiger partial charge in [-0.1, -0.05) is 52.0 Å². The number of benzene rings is 2. The van der Waals surface area contributed by atoms with Crippen molar-refractivity contribution in [1.82, 2.24) is 0 Å². The molecule has 1 unspecified atom stereocenters. The predicted molar refractivity (Wildman–Crippen MR) is 107 cm³/mol. The number of amides is 1. The summed E-state index contributed by atoms with van der Waals surface area (Å²) in [5.41, 5.74) is 1.59. The SMILES string of the molecule is CC(CS(=O)(=O)Nc1cccc(F)c1)C(=O)Nc1ccccc1C(C)(C)C. The Labute approximate surface area is 160 Å². The normalized spacial score (nSPS) is 13.1. The summed E-state index contributed by atoms with van der Waals surface area (Å²) in [6.45, 7) is 7.65. The summed E-state index contributed by atoms with van der Waals surface area (Å²) in [5, 5.41) is 2.82. The Morgan fingerprint density at radius 1 is 1.11 bits per heavy atom. The topological polar surface area (TPSA) is 75.3 Å². The quantitative estimate of drug-likeness (QED) is 0.776. The molecule has 0 heterocycles. The van der Waals surface area contributed by atoms with Crippen LogP contribution in [0.1, 0.15) is 33.3 Å². The molecule has 2 N–H and O–H groups in total. The van der Waals surface area contributed by atoms with Crippen molar-refractivity contribution in [1.29, 1.82) is 0 Å². The summed E-state index contributed by atoms with van der Waals surface area (Å²) in [4.78, 5) is 12.5. The Bertz CT molecular complexity index is 921. The zero-order valence-corrected chi connectivity index (χ0v) is 16.7. The Morgan fingerprint density at radius 3 is 2.41 bits per heavy atom. The molecule has 2 aromatic rings. The molecule has 1 atom stereocenters. The van der Waals surface area contributed by atoms with Crippen LogP contribution in [0, 0.1) is 11.7 Å². The van der Waals surface area contributed by atoms with Gasteiger partial charge in [0.05, 0.1) is 17.4 Å². The van der Waals surface area contributed by atoms with E-state index in [1.54, 1.807) is 13.0 Å². The maximum absolute atomic E-state index is 13.2. The van der Waals surface area contributed by atoms with Crippen molar-refractivity contribution in [3.05, 3.63) is 59.9 Å². The van der Waals surface area contributed by atoms with E-state index in [1.165, 1.54) is 18.2 Å². The average molecular weight is 392 g/mol. The lowest BCUT2D eigenvalue weighted by Crippen LogP contribution is -2.30. The maximum atomic E-state index is 13.2. The summed E-state index contributed by atoms with van der Waals surface area (Å²) in [7, 11) is -3.80. The first kappa shape index (κ1) is 20.9. The molecule has 2 aromatic carbocycles. The fraction of sp³-hybridized carbons (Fsp3) is 0.350. The second-order valence-corrected chi connectivity index (χ2v) is 9.35. The van der Waals surface area contributed by atoms with E-state index in [0.717, 1.165) is 11.6 Å². The third-order valence-corrected chi connectivity index (χ3v) is 5.49. The molecule has 0 radical (unpaired) electrons. The van der Waals surface area contributed by atoms with Crippen LogP contribution in [0.4, 0.5) is 15.8 Å². The standard InChI is InChI=1S/C20H25FN2O3S/c1-14(13-27(25,26)23-16-9-7-8-15(21)12-16)19(24)22-18-11-6-5-10-17(18)20(2,3)4/h5-12,14,23H,13H2,1-4H3,(H,22,24). The Kier molecular flexibility index (Phi) is 6.26. The second kappa shape index (κ2) is 8.08. The fourth-order valence-electron chi connectivity index (χ4n) is 2.68. The molecule has 27 heavy (non-hydrogen) atoms. The van der Waals surface area contributed by atoms with Crippen molar-refractivity contribution >= 4 is 27.3 Å². The Hall–Kier alpha value is -2.41. The molecule has 1 amide bonds. The summed E-state index contributed by atoms with van der Waals surface area (Å²) < 4.78 is 40.1. The highest BCUT2D eigenvalue weighted by molar-refractivity contribution is 7.92. The first-order valence-electron chi connectivity index (χ1n) is 8.64. The molecule has 0 saturated heterocycles. The van der Waals surface area contributed by atoms with Crippen LogP contribution in [0.15, 0.2) is 48.5 Å². The van der Waals surface area contributed by atoms with E-state index in [0.29, 0.717) is 5.69 Å². The highest BCUT2D eigenvalue weighted by Crippen LogP contribution is 2.29. The van der Waals surface area contributed by atoms with Crippen LogP contribution >= 0.6 is 0 Å². The molecular formula is C20H25FN2O3S. The van der Waals surface area contributed by atoms with Gasteiger partial charge in [0.25, 0.3) is 0 Å². The highest BCUT2D eigenvalue weighted by atomic mass is 32.2. The van der Waals surface area contributed by atoms with Crippen molar-refractivity contribution in [2.45, 2.75) is 33.1 Å². The monoisotopic (exact) mass is 392 g/mol. The number of anilines is 2. The van der Waals surface area contributed by atoms with Crippen LogP contribution in [0.3, 0.4) is 0 Å². The lowest BCUT2D eigenvalue weighted by atomic mass is 9.86. The van der Waals surface area contributed by atoms with E-state index in [4.69, 9.17) is 0 Å². The maximum Gasteiger partial charge on any atom is 0.233 e. The number of halogens is 1. The van der Waals surface area contributed by atoms with Crippen LogP contribution in [0.25, 0.3) is 0 Å². The molecule has 0 aliphatic heterocycles. The molecule has 0 bridgehead atoms. The van der Waals surface area contributed by atoms with Crippen LogP contribution < -0.4 is 10.0 Å². The van der Waals surface area contributed by atoms with Gasteiger partial charge in [-0.05, 0) is 35.2 Å². The van der Waals surface area contributed by atoms with Gasteiger partial charge >= 0.3 is 0 Å². The van der Waals surface area contributed by atoms with E-state index < -0.39 is 33.4 Å². The van der Waals surface area contributed by atoms with Gasteiger partial charge in [0.2, 0.25) is 15.9 Å². The van der Waals surface area contributed by atoms with Crippen molar-refractivity contribution in [3.63, 3.8) is 0 Å². The lowest BCUT2D eigenvalue weighted by molar-refractivity contribution is -0.118. The van der Waals surface area contributed by atoms with E-state index in [2.05, 4.69) is 10.0 Å². The van der Waals surface area contributed by atoms with E-state index in [9.17, 15) is 17.6 Å². The molecule has 0 saturated carbocycles. The van der Waals surface area contributed by atoms with Gasteiger partial charge in [-0.3, -0.25) is 9.52 Å². The van der Waals surface area contributed by atoms with Crippen LogP contribution in [-0.4, -0.2) is 20.1 Å². The molecule has 0 spiro atoms. The lowest BCUT2D eigenvalue weighted by Gasteiger charge is -2.23. The summed E-state index contributed by atoms with van der Waals surface area (Å²) in [6.07, 6.45) is 0. The van der Waals surface area contributed by atoms with Gasteiger partial charge in [-0.15, -0.1) is 0 Å². The van der Waals surface area contributed by atoms with Gasteiger partial charge in [0.1, 0.15) is 5.82 Å². The highest BCUT2D eigenvalue weighted by Gasteiger charge is 2.24. The van der Waals surface area contributed by atoms with Crippen molar-refractivity contribution < 1.29 is 17.6 Å². The fourth-order valence-corrected chi connectivity index (χ4v) is 4.06. The van der Waals surface area contributed by atoms with Gasteiger partial charge in [-0.25, -0.2) is 12.8 Å². The Morgan fingerprint density at radius 2 is 1.78 bits per heavy atom. The first-order chi connectivity index (χ1) is 12.5. The molecule has 7 heteroatoms. The van der Waals surface area contributed by atoms with Crippen LogP contribution in [0.2, 0.25) is 0 Å². The van der Waals surface area contributed by atoms with E-state index >= 15 is 0 Å². The molecule has 0 aliphatic rings. The number of carbonyl (C=O) groups excluding carboxylic acids is 1. The minimum atomic E-state index is -3.80. The number of rotatable bonds is 6. The molecule has 0 fully saturated rings. The van der Waals surface area contributed by atoms with Gasteiger partial charge < -0.3 is 5.32 Å².